The van der Waals surface area contributed by atoms with Gasteiger partial charge in [-0.3, -0.25) is 0 Å². The Labute approximate surface area is 152 Å². The number of nitrogens with zero attached hydrogens (tertiary/aromatic N) is 6. The molecule has 0 N–H and O–H groups in total. The van der Waals surface area contributed by atoms with Crippen molar-refractivity contribution in [2.45, 2.75) is 6.54 Å². The fourth-order valence-electron chi connectivity index (χ4n) is 2.21. The highest BCUT2D eigenvalue weighted by atomic mass is 35.5. The van der Waals surface area contributed by atoms with Crippen LogP contribution in [0.1, 0.15) is 5.89 Å². The Hall–Kier alpha value is -2.77. The molecule has 7 nitrogen and oxygen atoms in total. The van der Waals surface area contributed by atoms with Gasteiger partial charge < -0.3 is 4.42 Å². The second-order valence-electron chi connectivity index (χ2n) is 5.13. The normalized spacial score (nSPS) is 11.0. The van der Waals surface area contributed by atoms with Gasteiger partial charge >= 0.3 is 0 Å². The predicted octanol–water partition coefficient (Wildman–Crippen LogP) is 3.75. The van der Waals surface area contributed by atoms with Gasteiger partial charge in [0.2, 0.25) is 17.6 Å². The first kappa shape index (κ1) is 15.7. The minimum atomic E-state index is 0.206. The number of aromatic nitrogens is 6. The molecule has 0 unspecified atom stereocenters. The van der Waals surface area contributed by atoms with Crippen LogP contribution in [0.4, 0.5) is 0 Å². The Morgan fingerprint density at radius 3 is 2.52 bits per heavy atom. The van der Waals surface area contributed by atoms with Gasteiger partial charge in [-0.25, -0.2) is 0 Å². The minimum Gasteiger partial charge on any atom is -0.419 e. The fourth-order valence-corrected chi connectivity index (χ4v) is 2.55. The Kier molecular flexibility index (Phi) is 4.17. The van der Waals surface area contributed by atoms with Crippen molar-refractivity contribution in [1.82, 2.24) is 30.4 Å². The number of tetrazole rings is 1. The van der Waals surface area contributed by atoms with Crippen LogP contribution in [0.15, 0.2) is 52.9 Å². The summed E-state index contributed by atoms with van der Waals surface area (Å²) in [5.41, 5.74) is 1.49. The lowest BCUT2D eigenvalue weighted by molar-refractivity contribution is 0.446. The van der Waals surface area contributed by atoms with E-state index in [4.69, 9.17) is 27.6 Å². The van der Waals surface area contributed by atoms with Crippen molar-refractivity contribution in [2.75, 3.05) is 0 Å². The van der Waals surface area contributed by atoms with Gasteiger partial charge in [0, 0.05) is 16.1 Å². The molecule has 0 saturated carbocycles. The van der Waals surface area contributed by atoms with Crippen LogP contribution in [-0.4, -0.2) is 30.4 Å². The first-order valence-corrected chi connectivity index (χ1v) is 8.06. The molecular formula is C16H10Cl2N6O. The maximum absolute atomic E-state index is 6.14. The van der Waals surface area contributed by atoms with Crippen LogP contribution in [0.2, 0.25) is 10.0 Å². The van der Waals surface area contributed by atoms with Gasteiger partial charge in [-0.15, -0.1) is 20.4 Å². The maximum Gasteiger partial charge on any atom is 0.247 e. The van der Waals surface area contributed by atoms with Crippen LogP contribution < -0.4 is 0 Å². The molecule has 4 rings (SSSR count). The molecule has 2 aromatic carbocycles. The van der Waals surface area contributed by atoms with E-state index in [1.807, 2.05) is 30.3 Å². The van der Waals surface area contributed by atoms with Crippen LogP contribution in [0.5, 0.6) is 0 Å². The molecule has 2 heterocycles. The van der Waals surface area contributed by atoms with Crippen LogP contribution in [0, 0.1) is 0 Å². The fraction of sp³-hybridized carbons (Fsp3) is 0.0625. The van der Waals surface area contributed by atoms with E-state index < -0.39 is 0 Å². The molecule has 0 aliphatic rings. The number of rotatable bonds is 4. The van der Waals surface area contributed by atoms with Crippen molar-refractivity contribution < 1.29 is 4.42 Å². The molecule has 0 fully saturated rings. The topological polar surface area (TPSA) is 82.5 Å². The number of halogens is 2. The molecule has 0 aliphatic carbocycles. The Morgan fingerprint density at radius 1 is 0.920 bits per heavy atom. The third kappa shape index (κ3) is 3.38. The average Bonchev–Trinajstić information content (AvgIpc) is 3.26. The van der Waals surface area contributed by atoms with Crippen molar-refractivity contribution in [1.29, 1.82) is 0 Å². The third-order valence-electron chi connectivity index (χ3n) is 3.40. The quantitative estimate of drug-likeness (QED) is 0.542. The number of hydrogen-bond donors (Lipinski definition) is 0. The first-order chi connectivity index (χ1) is 12.2. The lowest BCUT2D eigenvalue weighted by Gasteiger charge is -1.97. The van der Waals surface area contributed by atoms with Crippen molar-refractivity contribution >= 4 is 23.2 Å². The molecule has 0 amide bonds. The average molecular weight is 373 g/mol. The molecule has 0 atom stereocenters. The highest BCUT2D eigenvalue weighted by Crippen LogP contribution is 2.24. The lowest BCUT2D eigenvalue weighted by atomic mass is 10.2. The van der Waals surface area contributed by atoms with E-state index in [1.165, 1.54) is 4.80 Å². The molecule has 0 aliphatic heterocycles. The van der Waals surface area contributed by atoms with Gasteiger partial charge in [0.1, 0.15) is 6.54 Å². The largest absolute Gasteiger partial charge is 0.419 e. The molecule has 0 bridgehead atoms. The SMILES string of the molecule is Clc1ccc(-c2nnc(Cn3nnc(-c4ccccc4Cl)n3)o2)cc1. The van der Waals surface area contributed by atoms with Gasteiger partial charge in [0.15, 0.2) is 0 Å². The zero-order valence-corrected chi connectivity index (χ0v) is 14.2. The van der Waals surface area contributed by atoms with Crippen molar-refractivity contribution in [3.05, 3.63) is 64.5 Å². The van der Waals surface area contributed by atoms with Crippen LogP contribution in [0.3, 0.4) is 0 Å². The standard InChI is InChI=1S/C16H10Cl2N6O/c17-11-7-5-10(6-8-11)16-21-19-14(25-16)9-24-22-15(20-23-24)12-3-1-2-4-13(12)18/h1-8H,9H2. The van der Waals surface area contributed by atoms with Gasteiger partial charge in [-0.2, -0.15) is 4.80 Å². The summed E-state index contributed by atoms with van der Waals surface area (Å²) in [6, 6.07) is 14.4. The summed E-state index contributed by atoms with van der Waals surface area (Å²) in [7, 11) is 0. The molecule has 25 heavy (non-hydrogen) atoms. The summed E-state index contributed by atoms with van der Waals surface area (Å²) in [4.78, 5) is 1.37. The minimum absolute atomic E-state index is 0.206. The molecular weight excluding hydrogens is 363 g/mol. The number of benzene rings is 2. The molecule has 9 heteroatoms. The summed E-state index contributed by atoms with van der Waals surface area (Å²) >= 11 is 12.0. The molecule has 0 radical (unpaired) electrons. The zero-order chi connectivity index (χ0) is 17.2. The van der Waals surface area contributed by atoms with Gasteiger partial charge in [0.25, 0.3) is 0 Å². The molecule has 0 spiro atoms. The van der Waals surface area contributed by atoms with Crippen molar-refractivity contribution in [3.63, 3.8) is 0 Å². The van der Waals surface area contributed by atoms with Gasteiger partial charge in [-0.1, -0.05) is 35.3 Å². The Bertz CT molecular complexity index is 1010. The van der Waals surface area contributed by atoms with Crippen LogP contribution in [-0.2, 0) is 6.54 Å². The zero-order valence-electron chi connectivity index (χ0n) is 12.7. The van der Waals surface area contributed by atoms with E-state index in [2.05, 4.69) is 25.6 Å². The summed E-state index contributed by atoms with van der Waals surface area (Å²) in [6.07, 6.45) is 0. The van der Waals surface area contributed by atoms with Crippen molar-refractivity contribution in [3.8, 4) is 22.8 Å². The first-order valence-electron chi connectivity index (χ1n) is 7.30. The number of hydrogen-bond acceptors (Lipinski definition) is 6. The summed E-state index contributed by atoms with van der Waals surface area (Å²) < 4.78 is 5.63. The van der Waals surface area contributed by atoms with E-state index in [0.717, 1.165) is 5.56 Å². The van der Waals surface area contributed by atoms with E-state index in [9.17, 15) is 0 Å². The van der Waals surface area contributed by atoms with E-state index >= 15 is 0 Å². The summed E-state index contributed by atoms with van der Waals surface area (Å²) in [5, 5.41) is 21.5. The molecule has 4 aromatic rings. The second-order valence-corrected chi connectivity index (χ2v) is 5.97. The molecule has 2 aromatic heterocycles. The summed E-state index contributed by atoms with van der Waals surface area (Å²) in [5.74, 6) is 1.20. The van der Waals surface area contributed by atoms with Crippen molar-refractivity contribution in [2.24, 2.45) is 0 Å². The van der Waals surface area contributed by atoms with E-state index in [-0.39, 0.29) is 6.54 Å². The monoisotopic (exact) mass is 372 g/mol. The highest BCUT2D eigenvalue weighted by Gasteiger charge is 2.13. The maximum atomic E-state index is 6.14. The predicted molar refractivity (Wildman–Crippen MR) is 92.1 cm³/mol. The third-order valence-corrected chi connectivity index (χ3v) is 3.98. The highest BCUT2D eigenvalue weighted by molar-refractivity contribution is 6.33. The Morgan fingerprint density at radius 2 is 1.72 bits per heavy atom. The van der Waals surface area contributed by atoms with E-state index in [1.54, 1.807) is 18.2 Å². The van der Waals surface area contributed by atoms with E-state index in [0.29, 0.717) is 33.2 Å². The lowest BCUT2D eigenvalue weighted by Crippen LogP contribution is -2.04. The second kappa shape index (κ2) is 6.62. The Balaban J connectivity index is 1.54. The smallest absolute Gasteiger partial charge is 0.247 e. The van der Waals surface area contributed by atoms with Gasteiger partial charge in [-0.05, 0) is 41.6 Å². The summed E-state index contributed by atoms with van der Waals surface area (Å²) in [6.45, 7) is 0.206. The molecule has 0 saturated heterocycles. The van der Waals surface area contributed by atoms with Crippen LogP contribution in [0.25, 0.3) is 22.8 Å². The van der Waals surface area contributed by atoms with Gasteiger partial charge in [0.05, 0.1) is 5.02 Å². The van der Waals surface area contributed by atoms with Crippen LogP contribution >= 0.6 is 23.2 Å². The molecule has 124 valence electrons.